The number of hydrogen-bond acceptors (Lipinski definition) is 2. The van der Waals surface area contributed by atoms with Gasteiger partial charge in [0, 0.05) is 5.92 Å². The Morgan fingerprint density at radius 3 is 2.30 bits per heavy atom. The molecule has 0 radical (unpaired) electrons. The molecule has 0 saturated carbocycles. The molecule has 4 rings (SSSR count). The lowest BCUT2D eigenvalue weighted by Gasteiger charge is -2.15. The van der Waals surface area contributed by atoms with Crippen LogP contribution in [0.3, 0.4) is 0 Å². The first-order chi connectivity index (χ1) is 11.3. The summed E-state index contributed by atoms with van der Waals surface area (Å²) >= 11 is 0. The molecule has 3 aromatic carbocycles. The van der Waals surface area contributed by atoms with E-state index in [-0.39, 0.29) is 17.6 Å². The molecular formula is C21H16O2. The number of fused-ring (bicyclic) bond motifs is 2. The molecule has 0 amide bonds. The van der Waals surface area contributed by atoms with E-state index >= 15 is 0 Å². The summed E-state index contributed by atoms with van der Waals surface area (Å²) in [6, 6.07) is 22.6. The van der Waals surface area contributed by atoms with Crippen LogP contribution in [0.25, 0.3) is 10.8 Å². The molecular weight excluding hydrogens is 284 g/mol. The van der Waals surface area contributed by atoms with Crippen LogP contribution in [0.1, 0.15) is 34.9 Å². The summed E-state index contributed by atoms with van der Waals surface area (Å²) in [6.45, 7) is 0. The van der Waals surface area contributed by atoms with Crippen molar-refractivity contribution in [2.24, 2.45) is 0 Å². The maximum absolute atomic E-state index is 12.0. The summed E-state index contributed by atoms with van der Waals surface area (Å²) < 4.78 is 0. The lowest BCUT2D eigenvalue weighted by atomic mass is 9.88. The Labute approximate surface area is 134 Å². The van der Waals surface area contributed by atoms with Crippen molar-refractivity contribution in [1.29, 1.82) is 0 Å². The number of ketones is 1. The summed E-state index contributed by atoms with van der Waals surface area (Å²) in [4.78, 5) is 23.1. The van der Waals surface area contributed by atoms with Gasteiger partial charge in [0.2, 0.25) is 5.78 Å². The average Bonchev–Trinajstić information content (AvgIpc) is 3.00. The highest BCUT2D eigenvalue weighted by atomic mass is 16.2. The smallest absolute Gasteiger partial charge is 0.202 e. The Kier molecular flexibility index (Phi) is 3.30. The van der Waals surface area contributed by atoms with Gasteiger partial charge in [0.1, 0.15) is 0 Å². The molecule has 0 bridgehead atoms. The van der Waals surface area contributed by atoms with Crippen molar-refractivity contribution in [2.45, 2.75) is 18.3 Å². The maximum atomic E-state index is 12.0. The fourth-order valence-corrected chi connectivity index (χ4v) is 3.84. The van der Waals surface area contributed by atoms with Crippen molar-refractivity contribution >= 4 is 22.8 Å². The van der Waals surface area contributed by atoms with Gasteiger partial charge in [-0.3, -0.25) is 9.59 Å². The van der Waals surface area contributed by atoms with Crippen molar-refractivity contribution in [3.8, 4) is 0 Å². The van der Waals surface area contributed by atoms with E-state index in [4.69, 9.17) is 0 Å². The van der Waals surface area contributed by atoms with Gasteiger partial charge in [-0.05, 0) is 33.9 Å². The van der Waals surface area contributed by atoms with Gasteiger partial charge in [0.05, 0.1) is 5.92 Å². The molecule has 2 atom stereocenters. The van der Waals surface area contributed by atoms with Gasteiger partial charge in [-0.2, -0.15) is 0 Å². The summed E-state index contributed by atoms with van der Waals surface area (Å²) in [5.74, 6) is -0.473. The molecule has 0 N–H and O–H groups in total. The number of hydrogen-bond donors (Lipinski definition) is 0. The summed E-state index contributed by atoms with van der Waals surface area (Å²) in [6.07, 6.45) is 1.14. The Morgan fingerprint density at radius 1 is 0.826 bits per heavy atom. The Balaban J connectivity index is 1.89. The van der Waals surface area contributed by atoms with E-state index in [2.05, 4.69) is 36.4 Å². The fraction of sp³-hybridized carbons (Fsp3) is 0.143. The second-order valence-corrected chi connectivity index (χ2v) is 6.06. The molecule has 0 fully saturated rings. The molecule has 2 nitrogen and oxygen atoms in total. The Morgan fingerprint density at radius 2 is 1.48 bits per heavy atom. The van der Waals surface area contributed by atoms with Crippen molar-refractivity contribution in [3.63, 3.8) is 0 Å². The average molecular weight is 300 g/mol. The van der Waals surface area contributed by atoms with Crippen LogP contribution in [0.4, 0.5) is 0 Å². The number of aldehydes is 1. The standard InChI is InChI=1S/C21H16O2/c22-13-21(23)20-12-19(17-9-3-4-10-18(17)20)16-11-5-7-14-6-1-2-8-15(14)16/h1-11,13,19-20H,12H2. The number of Topliss-reactive ketones (excluding diaryl/α,β-unsaturated/α-hetero) is 1. The highest BCUT2D eigenvalue weighted by Gasteiger charge is 2.35. The van der Waals surface area contributed by atoms with Gasteiger partial charge in [-0.25, -0.2) is 0 Å². The van der Waals surface area contributed by atoms with Crippen molar-refractivity contribution in [3.05, 3.63) is 83.4 Å². The van der Waals surface area contributed by atoms with E-state index in [9.17, 15) is 9.59 Å². The van der Waals surface area contributed by atoms with Crippen molar-refractivity contribution < 1.29 is 9.59 Å². The molecule has 3 aromatic rings. The van der Waals surface area contributed by atoms with E-state index in [1.165, 1.54) is 21.9 Å². The van der Waals surface area contributed by atoms with E-state index in [1.807, 2.05) is 30.3 Å². The lowest BCUT2D eigenvalue weighted by molar-refractivity contribution is -0.130. The van der Waals surface area contributed by atoms with Crippen LogP contribution in [-0.4, -0.2) is 12.1 Å². The second kappa shape index (κ2) is 5.47. The number of rotatable bonds is 3. The van der Waals surface area contributed by atoms with E-state index < -0.39 is 0 Å². The largest absolute Gasteiger partial charge is 0.295 e. The first-order valence-electron chi connectivity index (χ1n) is 7.85. The third kappa shape index (κ3) is 2.18. The van der Waals surface area contributed by atoms with Gasteiger partial charge in [0.25, 0.3) is 0 Å². The predicted octanol–water partition coefficient (Wildman–Crippen LogP) is 4.23. The van der Waals surface area contributed by atoms with Crippen LogP contribution in [-0.2, 0) is 9.59 Å². The van der Waals surface area contributed by atoms with Gasteiger partial charge < -0.3 is 0 Å². The molecule has 23 heavy (non-hydrogen) atoms. The van der Waals surface area contributed by atoms with Gasteiger partial charge in [-0.15, -0.1) is 0 Å². The molecule has 1 aliphatic carbocycles. The van der Waals surface area contributed by atoms with Crippen LogP contribution in [0, 0.1) is 0 Å². The van der Waals surface area contributed by atoms with Crippen LogP contribution in [0.2, 0.25) is 0 Å². The second-order valence-electron chi connectivity index (χ2n) is 6.06. The van der Waals surface area contributed by atoms with E-state index in [0.717, 1.165) is 5.56 Å². The molecule has 2 unspecified atom stereocenters. The predicted molar refractivity (Wildman–Crippen MR) is 90.7 cm³/mol. The number of benzene rings is 3. The highest BCUT2D eigenvalue weighted by molar-refractivity contribution is 6.28. The summed E-state index contributed by atoms with van der Waals surface area (Å²) in [7, 11) is 0. The lowest BCUT2D eigenvalue weighted by Crippen LogP contribution is -2.10. The van der Waals surface area contributed by atoms with Crippen LogP contribution in [0.15, 0.2) is 66.7 Å². The normalized spacial score (nSPS) is 19.5. The van der Waals surface area contributed by atoms with Crippen molar-refractivity contribution in [2.75, 3.05) is 0 Å². The zero-order chi connectivity index (χ0) is 15.8. The Bertz CT molecular complexity index is 905. The molecule has 1 aliphatic rings. The molecule has 2 heteroatoms. The van der Waals surface area contributed by atoms with E-state index in [1.54, 1.807) is 0 Å². The minimum atomic E-state index is -0.319. The molecule has 112 valence electrons. The summed E-state index contributed by atoms with van der Waals surface area (Å²) in [5.41, 5.74) is 3.41. The summed E-state index contributed by atoms with van der Waals surface area (Å²) in [5, 5.41) is 2.42. The topological polar surface area (TPSA) is 34.1 Å². The Hall–Kier alpha value is -2.74. The van der Waals surface area contributed by atoms with Crippen LogP contribution >= 0.6 is 0 Å². The van der Waals surface area contributed by atoms with Crippen LogP contribution in [0.5, 0.6) is 0 Å². The SMILES string of the molecule is O=CC(=O)C1CC(c2cccc3ccccc23)c2ccccc21. The first kappa shape index (κ1) is 13.9. The molecule has 0 aromatic heterocycles. The molecule has 0 spiro atoms. The molecule has 0 saturated heterocycles. The maximum Gasteiger partial charge on any atom is 0.202 e. The minimum absolute atomic E-state index is 0.159. The first-order valence-corrected chi connectivity index (χ1v) is 7.85. The highest BCUT2D eigenvalue weighted by Crippen LogP contribution is 2.46. The van der Waals surface area contributed by atoms with Crippen LogP contribution < -0.4 is 0 Å². The van der Waals surface area contributed by atoms with Gasteiger partial charge >= 0.3 is 0 Å². The van der Waals surface area contributed by atoms with Crippen molar-refractivity contribution in [1.82, 2.24) is 0 Å². The third-order valence-corrected chi connectivity index (χ3v) is 4.88. The fourth-order valence-electron chi connectivity index (χ4n) is 3.84. The molecule has 0 aliphatic heterocycles. The minimum Gasteiger partial charge on any atom is -0.295 e. The monoisotopic (exact) mass is 300 g/mol. The van der Waals surface area contributed by atoms with E-state index in [0.29, 0.717) is 12.7 Å². The quantitative estimate of drug-likeness (QED) is 0.536. The number of carbonyl (C=O) groups excluding carboxylic acids is 2. The zero-order valence-corrected chi connectivity index (χ0v) is 12.6. The zero-order valence-electron chi connectivity index (χ0n) is 12.6. The number of carbonyl (C=O) groups is 2. The van der Waals surface area contributed by atoms with Gasteiger partial charge in [0.15, 0.2) is 6.29 Å². The third-order valence-electron chi connectivity index (χ3n) is 4.88. The molecule has 0 heterocycles. The van der Waals surface area contributed by atoms with Gasteiger partial charge in [-0.1, -0.05) is 66.7 Å².